The predicted molar refractivity (Wildman–Crippen MR) is 347 cm³/mol. The zero-order valence-electron chi connectivity index (χ0n) is 49.7. The number of fused-ring (bicyclic) bond motifs is 12. The molecule has 0 heteroatoms. The highest BCUT2D eigenvalue weighted by Gasteiger charge is 2.00. The summed E-state index contributed by atoms with van der Waals surface area (Å²) in [7, 11) is 0. The van der Waals surface area contributed by atoms with Gasteiger partial charge in [0.05, 0.1) is 0 Å². The van der Waals surface area contributed by atoms with Crippen LogP contribution in [0.15, 0.2) is 121 Å². The van der Waals surface area contributed by atoms with Crippen LogP contribution in [0.25, 0.3) is 64.6 Å². The van der Waals surface area contributed by atoms with E-state index in [1.807, 2.05) is 72.8 Å². The molecular formula is C84H72. The van der Waals surface area contributed by atoms with E-state index in [4.69, 9.17) is 0 Å². The number of hydrogen-bond donors (Lipinski definition) is 0. The standard InChI is InChI=1S/C84H72/c1-5-9-13-17-39-73-57-77-43-25-21-35-69-51-33-52-70(55-69)36-22-27-45-79-59-75(41-19-15-11-7-3)63-83(67-79)49-31-32-50-84-64-76(42-20-16-12-8-4)60-80(68-84)46-28-24-38-72-54-34-53-71(56-72)37-23-26-44-78-58-74(40-18-14-10-6-2)62-82(66-78)48-30-29-47-81(61-73)65-77/h33-34,51-68H,5-20,39-42H2,1-4H3. The van der Waals surface area contributed by atoms with E-state index in [2.05, 4.69) is 222 Å². The molecule has 0 spiro atoms. The van der Waals surface area contributed by atoms with Crippen LogP contribution >= 0.6 is 0 Å². The lowest BCUT2D eigenvalue weighted by Crippen LogP contribution is -1.85. The Bertz CT molecular complexity index is 3230. The first-order valence-corrected chi connectivity index (χ1v) is 30.3. The summed E-state index contributed by atoms with van der Waals surface area (Å²) in [6.07, 6.45) is 22.7. The third-order valence-electron chi connectivity index (χ3n) is 13.8. The van der Waals surface area contributed by atoms with E-state index in [9.17, 15) is 0 Å². The van der Waals surface area contributed by atoms with Gasteiger partial charge in [0.25, 0.3) is 0 Å². The molecule has 0 aliphatic carbocycles. The Kier molecular flexibility index (Phi) is 26.7. The van der Waals surface area contributed by atoms with Crippen LogP contribution in [-0.4, -0.2) is 0 Å². The Hall–Kier alpha value is -9.96. The van der Waals surface area contributed by atoms with Gasteiger partial charge in [-0.2, -0.15) is 0 Å². The summed E-state index contributed by atoms with van der Waals surface area (Å²) < 4.78 is 0. The lowest BCUT2D eigenvalue weighted by molar-refractivity contribution is 0.667. The Morgan fingerprint density at radius 2 is 0.357 bits per heavy atom. The van der Waals surface area contributed by atoms with Crippen molar-refractivity contribution in [1.82, 2.24) is 0 Å². The van der Waals surface area contributed by atoms with Crippen molar-refractivity contribution < 1.29 is 0 Å². The van der Waals surface area contributed by atoms with Crippen molar-refractivity contribution in [3.05, 3.63) is 289 Å². The van der Waals surface area contributed by atoms with Crippen molar-refractivity contribution in [3.8, 4) is 0 Å². The zero-order chi connectivity index (χ0) is 58.5. The van der Waals surface area contributed by atoms with Gasteiger partial charge in [-0.1, -0.05) is 190 Å². The Labute approximate surface area is 507 Å². The fourth-order valence-corrected chi connectivity index (χ4v) is 9.54. The van der Waals surface area contributed by atoms with Crippen LogP contribution < -0.4 is 0 Å². The molecule has 7 rings (SSSR count). The van der Waals surface area contributed by atoms with Crippen molar-refractivity contribution in [2.24, 2.45) is 0 Å². The second kappa shape index (κ2) is 36.4. The maximum absolute atomic E-state index is 3.32. The molecule has 0 atom stereocenters. The molecular weight excluding hydrogens is 1010 g/mol. The molecule has 0 nitrogen and oxygen atoms in total. The van der Waals surface area contributed by atoms with E-state index in [-0.39, 0.29) is 0 Å². The fraction of sp³-hybridized carbons (Fsp3) is 0.286. The van der Waals surface area contributed by atoms with Crippen LogP contribution in [0, 0.1) is 146 Å². The second-order valence-corrected chi connectivity index (χ2v) is 21.1. The SMILES string of the molecule is CCCCCCc1cc2c#cc#cc3cccc(c#cc#cc4cc(CCCCCC)cc(c#cc#cc5cc(CCCCCC)cc(c#cc#cc6cccc(c#cc#cc7cc(CCCCCC)cc(c#cc#cc(c1)c2)c7)c6)c5)c4)c3. The van der Waals surface area contributed by atoms with Gasteiger partial charge in [-0.05, 0) is 256 Å². The van der Waals surface area contributed by atoms with E-state index in [0.29, 0.717) is 0 Å². The molecule has 12 bridgehead atoms. The molecule has 0 saturated heterocycles. The maximum Gasteiger partial charge on any atom is 0.0270 e. The molecule has 0 heterocycles. The van der Waals surface area contributed by atoms with E-state index in [1.165, 1.54) is 99.3 Å². The minimum atomic E-state index is 0.830. The number of unbranched alkanes of at least 4 members (excludes halogenated alkanes) is 12. The maximum atomic E-state index is 3.32. The van der Waals surface area contributed by atoms with Crippen molar-refractivity contribution in [1.29, 1.82) is 0 Å². The summed E-state index contributed by atoms with van der Waals surface area (Å²) >= 11 is 0. The van der Waals surface area contributed by atoms with Gasteiger partial charge in [0, 0.05) is 64.6 Å². The van der Waals surface area contributed by atoms with E-state index in [1.54, 1.807) is 0 Å². The van der Waals surface area contributed by atoms with Crippen LogP contribution in [0.5, 0.6) is 0 Å². The summed E-state index contributed by atoms with van der Waals surface area (Å²) in [5.41, 5.74) is 4.85. The van der Waals surface area contributed by atoms with Crippen molar-refractivity contribution in [2.45, 2.75) is 156 Å². The van der Waals surface area contributed by atoms with Crippen molar-refractivity contribution >= 4 is 64.6 Å². The average Bonchev–Trinajstić information content (AvgIpc) is 3.66. The summed E-state index contributed by atoms with van der Waals surface area (Å²) in [4.78, 5) is 0. The summed E-state index contributed by atoms with van der Waals surface area (Å²) in [6, 6.07) is 118. The van der Waals surface area contributed by atoms with Crippen LogP contribution in [0.4, 0.5) is 0 Å². The lowest BCUT2D eigenvalue weighted by atomic mass is 10.0. The zero-order valence-corrected chi connectivity index (χ0v) is 49.7. The molecule has 7 aromatic rings. The molecule has 0 N–H and O–H groups in total. The molecule has 0 fully saturated rings. The number of benzene rings is 6. The van der Waals surface area contributed by atoms with Gasteiger partial charge in [-0.25, -0.2) is 0 Å². The highest BCUT2D eigenvalue weighted by molar-refractivity contribution is 5.70. The predicted octanol–water partition coefficient (Wildman–Crippen LogP) is 20.7. The molecule has 0 radical (unpaired) electrons. The van der Waals surface area contributed by atoms with Gasteiger partial charge >= 0.3 is 0 Å². The third kappa shape index (κ3) is 23.6. The number of rotatable bonds is 20. The van der Waals surface area contributed by atoms with Gasteiger partial charge in [0.1, 0.15) is 0 Å². The minimum Gasteiger partial charge on any atom is -0.0654 e. The normalized spacial score (nSPS) is 9.48. The molecule has 84 heavy (non-hydrogen) atoms. The van der Waals surface area contributed by atoms with Gasteiger partial charge in [-0.3, -0.25) is 0 Å². The van der Waals surface area contributed by atoms with E-state index >= 15 is 0 Å². The van der Waals surface area contributed by atoms with Crippen LogP contribution in [0.2, 0.25) is 0 Å². The van der Waals surface area contributed by atoms with Gasteiger partial charge in [0.2, 0.25) is 0 Å². The third-order valence-corrected chi connectivity index (χ3v) is 13.8. The molecule has 7 aromatic carbocycles. The first kappa shape index (κ1) is 61.7. The van der Waals surface area contributed by atoms with E-state index in [0.717, 1.165) is 116 Å². The molecule has 0 aliphatic rings. The minimum absolute atomic E-state index is 0.830. The number of aryl methyl sites for hydroxylation is 4. The first-order chi connectivity index (χ1) is 41.4. The van der Waals surface area contributed by atoms with Crippen LogP contribution in [0.1, 0.15) is 153 Å². The summed E-state index contributed by atoms with van der Waals surface area (Å²) in [5, 5.41) is 10.4. The van der Waals surface area contributed by atoms with Gasteiger partial charge < -0.3 is 0 Å². The smallest absolute Gasteiger partial charge is 0.0270 e. The summed E-state index contributed by atoms with van der Waals surface area (Å²) in [5.74, 6) is 0. The topological polar surface area (TPSA) is 0 Å². The van der Waals surface area contributed by atoms with Crippen molar-refractivity contribution in [3.63, 3.8) is 0 Å². The van der Waals surface area contributed by atoms with E-state index < -0.39 is 0 Å². The Balaban J connectivity index is 1.33. The van der Waals surface area contributed by atoms with Gasteiger partial charge in [-0.15, -0.1) is 0 Å². The van der Waals surface area contributed by atoms with Crippen LogP contribution in [-0.2, 0) is 25.7 Å². The van der Waals surface area contributed by atoms with Crippen LogP contribution in [0.3, 0.4) is 0 Å². The Morgan fingerprint density at radius 1 is 0.190 bits per heavy atom. The molecule has 0 aromatic heterocycles. The number of hydrogen-bond acceptors (Lipinski definition) is 0. The monoisotopic (exact) mass is 1080 g/mol. The fourth-order valence-electron chi connectivity index (χ4n) is 9.54. The molecule has 408 valence electrons. The molecule has 0 saturated carbocycles. The highest BCUT2D eigenvalue weighted by Crippen LogP contribution is 2.18. The van der Waals surface area contributed by atoms with Crippen molar-refractivity contribution in [2.75, 3.05) is 0 Å². The molecule has 0 amide bonds. The largest absolute Gasteiger partial charge is 0.0654 e. The quantitative estimate of drug-likeness (QED) is 0.0668. The lowest BCUT2D eigenvalue weighted by Gasteiger charge is -2.01. The second-order valence-electron chi connectivity index (χ2n) is 21.1. The summed E-state index contributed by atoms with van der Waals surface area (Å²) in [6.45, 7) is 8.95. The first-order valence-electron chi connectivity index (χ1n) is 30.3. The van der Waals surface area contributed by atoms with Gasteiger partial charge in [0.15, 0.2) is 0 Å². The molecule has 0 unspecified atom stereocenters. The Morgan fingerprint density at radius 3 is 0.536 bits per heavy atom. The highest BCUT2D eigenvalue weighted by atomic mass is 14.0. The molecule has 0 aliphatic heterocycles. The average molecular weight is 1080 g/mol.